The van der Waals surface area contributed by atoms with E-state index in [4.69, 9.17) is 8.92 Å². The van der Waals surface area contributed by atoms with Crippen molar-refractivity contribution >= 4 is 10.1 Å². The van der Waals surface area contributed by atoms with E-state index in [1.54, 1.807) is 25.1 Å². The van der Waals surface area contributed by atoms with Crippen molar-refractivity contribution in [2.45, 2.75) is 31.3 Å². The number of hydrogen-bond donors (Lipinski definition) is 0. The smallest absolute Gasteiger partial charge is 0.296 e. The maximum absolute atomic E-state index is 11.6. The average Bonchev–Trinajstić information content (AvgIpc) is 2.29. The van der Waals surface area contributed by atoms with Crippen LogP contribution in [0.2, 0.25) is 0 Å². The molecule has 1 aromatic rings. The van der Waals surface area contributed by atoms with Crippen molar-refractivity contribution in [3.8, 4) is 5.75 Å². The van der Waals surface area contributed by atoms with Gasteiger partial charge in [0.15, 0.2) is 0 Å². The molecular formula is C13H18O4S. The molecule has 0 amide bonds. The van der Waals surface area contributed by atoms with Crippen molar-refractivity contribution in [1.29, 1.82) is 0 Å². The predicted octanol–water partition coefficient (Wildman–Crippen LogP) is 2.76. The third-order valence-corrected chi connectivity index (χ3v) is 3.65. The summed E-state index contributed by atoms with van der Waals surface area (Å²) < 4.78 is 33.5. The molecule has 0 N–H and O–H groups in total. The highest BCUT2D eigenvalue weighted by atomic mass is 32.2. The van der Waals surface area contributed by atoms with Gasteiger partial charge < -0.3 is 4.74 Å². The Morgan fingerprint density at radius 1 is 1.28 bits per heavy atom. The number of benzene rings is 1. The minimum atomic E-state index is -3.65. The molecule has 0 unspecified atom stereocenters. The van der Waals surface area contributed by atoms with E-state index in [1.807, 2.05) is 13.8 Å². The van der Waals surface area contributed by atoms with Gasteiger partial charge in [-0.1, -0.05) is 6.58 Å². The van der Waals surface area contributed by atoms with Gasteiger partial charge in [0.1, 0.15) is 11.4 Å². The molecule has 0 aliphatic carbocycles. The van der Waals surface area contributed by atoms with Crippen molar-refractivity contribution in [2.75, 3.05) is 6.61 Å². The first kappa shape index (κ1) is 14.7. The number of hydrogen-bond acceptors (Lipinski definition) is 4. The standard InChI is InChI=1S/C13H18O4S/c1-5-13(3,4)17-11-7-9-12(10-8-11)18(14,15)16-6-2/h5,7-10H,1,6H2,2-4H3. The van der Waals surface area contributed by atoms with Crippen molar-refractivity contribution < 1.29 is 17.3 Å². The Labute approximate surface area is 108 Å². The molecule has 100 valence electrons. The summed E-state index contributed by atoms with van der Waals surface area (Å²) in [5.41, 5.74) is -0.500. The molecule has 0 aliphatic heterocycles. The fourth-order valence-electron chi connectivity index (χ4n) is 1.24. The van der Waals surface area contributed by atoms with Crippen molar-refractivity contribution in [2.24, 2.45) is 0 Å². The molecule has 0 atom stereocenters. The van der Waals surface area contributed by atoms with Crippen LogP contribution in [0.4, 0.5) is 0 Å². The molecule has 0 heterocycles. The molecule has 0 saturated heterocycles. The van der Waals surface area contributed by atoms with Crippen molar-refractivity contribution in [3.63, 3.8) is 0 Å². The normalized spacial score (nSPS) is 12.2. The molecular weight excluding hydrogens is 252 g/mol. The van der Waals surface area contributed by atoms with Gasteiger partial charge in [-0.25, -0.2) is 0 Å². The fourth-order valence-corrected chi connectivity index (χ4v) is 2.16. The molecule has 0 spiro atoms. The minimum Gasteiger partial charge on any atom is -0.484 e. The molecule has 0 fully saturated rings. The maximum Gasteiger partial charge on any atom is 0.296 e. The van der Waals surface area contributed by atoms with Crippen LogP contribution >= 0.6 is 0 Å². The van der Waals surface area contributed by atoms with Gasteiger partial charge in [-0.3, -0.25) is 4.18 Å². The van der Waals surface area contributed by atoms with Gasteiger partial charge in [0.05, 0.1) is 11.5 Å². The minimum absolute atomic E-state index is 0.115. The van der Waals surface area contributed by atoms with E-state index in [-0.39, 0.29) is 11.5 Å². The van der Waals surface area contributed by atoms with Crippen LogP contribution < -0.4 is 4.74 Å². The average molecular weight is 270 g/mol. The second kappa shape index (κ2) is 5.54. The van der Waals surface area contributed by atoms with Crippen LogP contribution in [-0.2, 0) is 14.3 Å². The Morgan fingerprint density at radius 3 is 2.28 bits per heavy atom. The lowest BCUT2D eigenvalue weighted by atomic mass is 10.1. The zero-order valence-electron chi connectivity index (χ0n) is 10.8. The van der Waals surface area contributed by atoms with Gasteiger partial charge in [0.25, 0.3) is 10.1 Å². The van der Waals surface area contributed by atoms with Gasteiger partial charge >= 0.3 is 0 Å². The summed E-state index contributed by atoms with van der Waals surface area (Å²) >= 11 is 0. The SMILES string of the molecule is C=CC(C)(C)Oc1ccc(S(=O)(=O)OCC)cc1. The van der Waals surface area contributed by atoms with E-state index in [1.165, 1.54) is 12.1 Å². The Kier molecular flexibility index (Phi) is 4.53. The van der Waals surface area contributed by atoms with E-state index in [0.717, 1.165) is 0 Å². The van der Waals surface area contributed by atoms with Crippen LogP contribution in [0.3, 0.4) is 0 Å². The highest BCUT2D eigenvalue weighted by Gasteiger charge is 2.17. The highest BCUT2D eigenvalue weighted by molar-refractivity contribution is 7.86. The fraction of sp³-hybridized carbons (Fsp3) is 0.385. The predicted molar refractivity (Wildman–Crippen MR) is 70.2 cm³/mol. The lowest BCUT2D eigenvalue weighted by Crippen LogP contribution is -2.24. The summed E-state index contributed by atoms with van der Waals surface area (Å²) in [5, 5.41) is 0. The largest absolute Gasteiger partial charge is 0.484 e. The lowest BCUT2D eigenvalue weighted by Gasteiger charge is -2.22. The van der Waals surface area contributed by atoms with Crippen LogP contribution in [0, 0.1) is 0 Å². The maximum atomic E-state index is 11.6. The summed E-state index contributed by atoms with van der Waals surface area (Å²) in [7, 11) is -3.65. The van der Waals surface area contributed by atoms with Crippen LogP contribution in [0.1, 0.15) is 20.8 Å². The van der Waals surface area contributed by atoms with Crippen LogP contribution in [0.5, 0.6) is 5.75 Å². The van der Waals surface area contributed by atoms with Gasteiger partial charge in [0.2, 0.25) is 0 Å². The van der Waals surface area contributed by atoms with Crippen molar-refractivity contribution in [1.82, 2.24) is 0 Å². The molecule has 0 saturated carbocycles. The van der Waals surface area contributed by atoms with E-state index in [0.29, 0.717) is 5.75 Å². The van der Waals surface area contributed by atoms with Gasteiger partial charge in [-0.2, -0.15) is 8.42 Å². The molecule has 0 aromatic heterocycles. The van der Waals surface area contributed by atoms with Crippen LogP contribution in [-0.4, -0.2) is 20.6 Å². The second-order valence-electron chi connectivity index (χ2n) is 4.24. The quantitative estimate of drug-likeness (QED) is 0.589. The van der Waals surface area contributed by atoms with Gasteiger partial charge in [0, 0.05) is 0 Å². The molecule has 1 rings (SSSR count). The molecule has 0 bridgehead atoms. The number of ether oxygens (including phenoxy) is 1. The van der Waals surface area contributed by atoms with Gasteiger partial charge in [-0.05, 0) is 51.1 Å². The van der Waals surface area contributed by atoms with E-state index in [9.17, 15) is 8.42 Å². The third-order valence-electron chi connectivity index (χ3n) is 2.26. The highest BCUT2D eigenvalue weighted by Crippen LogP contribution is 2.22. The molecule has 0 aliphatic rings. The zero-order valence-corrected chi connectivity index (χ0v) is 11.7. The van der Waals surface area contributed by atoms with E-state index >= 15 is 0 Å². The first-order valence-electron chi connectivity index (χ1n) is 5.63. The summed E-state index contributed by atoms with van der Waals surface area (Å²) in [6.45, 7) is 9.14. The molecule has 1 aromatic carbocycles. The monoisotopic (exact) mass is 270 g/mol. The Balaban J connectivity index is 2.90. The topological polar surface area (TPSA) is 52.6 Å². The Bertz CT molecular complexity index is 500. The first-order chi connectivity index (χ1) is 8.30. The Morgan fingerprint density at radius 2 is 1.83 bits per heavy atom. The van der Waals surface area contributed by atoms with E-state index < -0.39 is 15.7 Å². The Hall–Kier alpha value is -1.33. The lowest BCUT2D eigenvalue weighted by molar-refractivity contribution is 0.162. The molecule has 4 nitrogen and oxygen atoms in total. The van der Waals surface area contributed by atoms with E-state index in [2.05, 4.69) is 6.58 Å². The third kappa shape index (κ3) is 3.85. The van der Waals surface area contributed by atoms with Gasteiger partial charge in [-0.15, -0.1) is 0 Å². The second-order valence-corrected chi connectivity index (χ2v) is 5.86. The zero-order chi connectivity index (χ0) is 13.8. The summed E-state index contributed by atoms with van der Waals surface area (Å²) in [5.74, 6) is 0.579. The van der Waals surface area contributed by atoms with Crippen molar-refractivity contribution in [3.05, 3.63) is 36.9 Å². The molecule has 5 heteroatoms. The summed E-state index contributed by atoms with van der Waals surface area (Å²) in [6.07, 6.45) is 1.68. The van der Waals surface area contributed by atoms with Crippen LogP contribution in [0.25, 0.3) is 0 Å². The first-order valence-corrected chi connectivity index (χ1v) is 7.03. The molecule has 18 heavy (non-hydrogen) atoms. The molecule has 0 radical (unpaired) electrons. The van der Waals surface area contributed by atoms with Crippen LogP contribution in [0.15, 0.2) is 41.8 Å². The summed E-state index contributed by atoms with van der Waals surface area (Å²) in [4.78, 5) is 0.119. The summed E-state index contributed by atoms with van der Waals surface area (Å²) in [6, 6.07) is 6.10. The number of rotatable bonds is 6.